The zero-order chi connectivity index (χ0) is 16.7. The zero-order valence-electron chi connectivity index (χ0n) is 13.0. The number of benzene rings is 1. The maximum absolute atomic E-state index is 12.9. The van der Waals surface area contributed by atoms with Crippen molar-refractivity contribution in [2.75, 3.05) is 42.4 Å². The Balaban J connectivity index is 1.50. The molecule has 1 aromatic rings. The lowest BCUT2D eigenvalue weighted by Gasteiger charge is -2.26. The Morgan fingerprint density at radius 3 is 3.04 bits per heavy atom. The van der Waals surface area contributed by atoms with E-state index < -0.39 is 11.5 Å². The first-order chi connectivity index (χ1) is 11.7. The van der Waals surface area contributed by atoms with Gasteiger partial charge in [0, 0.05) is 19.2 Å². The summed E-state index contributed by atoms with van der Waals surface area (Å²) in [7, 11) is 0. The average Bonchev–Trinajstić information content (AvgIpc) is 3.20. The molecular weight excluding hydrogens is 330 g/mol. The number of rotatable bonds is 2. The van der Waals surface area contributed by atoms with Crippen molar-refractivity contribution in [2.24, 2.45) is 0 Å². The van der Waals surface area contributed by atoms with E-state index in [9.17, 15) is 9.35 Å². The van der Waals surface area contributed by atoms with Gasteiger partial charge in [-0.3, -0.25) is 4.79 Å². The van der Waals surface area contributed by atoms with E-state index in [1.807, 2.05) is 20.7 Å². The van der Waals surface area contributed by atoms with Gasteiger partial charge in [0.25, 0.3) is 5.91 Å². The van der Waals surface area contributed by atoms with Gasteiger partial charge in [0.15, 0.2) is 24.3 Å². The molecule has 2 unspecified atom stereocenters. The van der Waals surface area contributed by atoms with Gasteiger partial charge >= 0.3 is 0 Å². The van der Waals surface area contributed by atoms with E-state index >= 15 is 0 Å². The van der Waals surface area contributed by atoms with Gasteiger partial charge in [0.2, 0.25) is 0 Å². The zero-order valence-corrected chi connectivity index (χ0v) is 13.8. The number of anilines is 2. The summed E-state index contributed by atoms with van der Waals surface area (Å²) in [5.74, 6) is 0.425. The van der Waals surface area contributed by atoms with Crippen molar-refractivity contribution in [1.82, 2.24) is 9.21 Å². The van der Waals surface area contributed by atoms with Crippen molar-refractivity contribution in [1.29, 1.82) is 5.26 Å². The molecule has 2 atom stereocenters. The molecule has 3 aliphatic rings. The van der Waals surface area contributed by atoms with Crippen LogP contribution in [0.2, 0.25) is 0 Å². The van der Waals surface area contributed by atoms with Gasteiger partial charge in [-0.25, -0.2) is 0 Å². The number of fused-ring (bicyclic) bond motifs is 1. The van der Waals surface area contributed by atoms with E-state index in [2.05, 4.69) is 11.5 Å². The molecule has 4 rings (SSSR count). The molecule has 24 heavy (non-hydrogen) atoms. The molecule has 2 saturated heterocycles. The number of nitrogens with zero attached hydrogens (tertiary/aromatic N) is 4. The predicted octanol–water partition coefficient (Wildman–Crippen LogP) is 0.274. The maximum atomic E-state index is 12.9. The fourth-order valence-corrected chi connectivity index (χ4v) is 4.74. The lowest BCUT2D eigenvalue weighted by Crippen LogP contribution is -2.41. The van der Waals surface area contributed by atoms with Crippen molar-refractivity contribution in [3.8, 4) is 11.9 Å². The third-order valence-corrected chi connectivity index (χ3v) is 6.16. The Hall–Kier alpha value is -2.15. The largest absolute Gasteiger partial charge is 0.573 e. The minimum atomic E-state index is -1.28. The Bertz CT molecular complexity index is 709. The molecule has 0 aromatic heterocycles. The van der Waals surface area contributed by atoms with E-state index in [4.69, 9.17) is 10.00 Å². The monoisotopic (exact) mass is 347 g/mol. The molecule has 1 amide bonds. The lowest BCUT2D eigenvalue weighted by molar-refractivity contribution is -0.118. The highest BCUT2D eigenvalue weighted by molar-refractivity contribution is 7.90. The van der Waals surface area contributed by atoms with Crippen molar-refractivity contribution >= 4 is 28.8 Å². The summed E-state index contributed by atoms with van der Waals surface area (Å²) in [5.41, 5.74) is 1.44. The molecule has 1 aromatic carbocycles. The summed E-state index contributed by atoms with van der Waals surface area (Å²) in [6, 6.07) is 5.57. The number of ether oxygens (including phenoxy) is 1. The first kappa shape index (κ1) is 15.4. The van der Waals surface area contributed by atoms with Crippen LogP contribution in [0.15, 0.2) is 18.2 Å². The topological polar surface area (TPSA) is 94.9 Å². The summed E-state index contributed by atoms with van der Waals surface area (Å²) in [5, 5.41) is 11.7. The SMILES string of the molecule is N#CN1CCC(N2CCN(c3ccc4c(c3)OCC(=O)N4)[S+]2[O-])C1. The lowest BCUT2D eigenvalue weighted by atomic mass is 10.2. The minimum Gasteiger partial charge on any atom is -0.573 e. The maximum Gasteiger partial charge on any atom is 0.262 e. The molecule has 0 saturated carbocycles. The standard InChI is InChI=1S/C15H17N5O3S/c16-10-18-4-3-12(8-18)20-6-5-19(24(20)22)11-1-2-13-14(7-11)23-9-15(21)17-13/h1-2,7,12H,3-6,8-9H2,(H,17,21). The second-order valence-corrected chi connectivity index (χ2v) is 7.35. The van der Waals surface area contributed by atoms with Gasteiger partial charge in [0.1, 0.15) is 5.75 Å². The summed E-state index contributed by atoms with van der Waals surface area (Å²) in [4.78, 5) is 13.0. The molecule has 3 heterocycles. The molecule has 8 nitrogen and oxygen atoms in total. The summed E-state index contributed by atoms with van der Waals surface area (Å²) >= 11 is -1.28. The Kier molecular flexibility index (Phi) is 3.88. The van der Waals surface area contributed by atoms with E-state index in [0.717, 1.165) is 18.7 Å². The fourth-order valence-electron chi connectivity index (χ4n) is 3.29. The molecule has 1 N–H and O–H groups in total. The molecule has 3 aliphatic heterocycles. The normalized spacial score (nSPS) is 26.8. The van der Waals surface area contributed by atoms with Crippen LogP contribution in [-0.2, 0) is 16.3 Å². The highest BCUT2D eigenvalue weighted by Gasteiger charge is 2.43. The fraction of sp³-hybridized carbons (Fsp3) is 0.467. The number of carbonyl (C=O) groups excluding carboxylic acids is 1. The first-order valence-corrected chi connectivity index (χ1v) is 8.89. The molecule has 126 valence electrons. The van der Waals surface area contributed by atoms with Gasteiger partial charge < -0.3 is 19.5 Å². The third-order valence-electron chi connectivity index (χ3n) is 4.51. The van der Waals surface area contributed by atoms with Crippen LogP contribution in [0.4, 0.5) is 11.4 Å². The molecule has 0 radical (unpaired) electrons. The number of amides is 1. The number of hydrogen-bond acceptors (Lipinski definition) is 7. The Morgan fingerprint density at radius 2 is 2.25 bits per heavy atom. The van der Waals surface area contributed by atoms with E-state index in [0.29, 0.717) is 31.1 Å². The van der Waals surface area contributed by atoms with Crippen molar-refractivity contribution < 1.29 is 14.1 Å². The van der Waals surface area contributed by atoms with Gasteiger partial charge in [-0.1, -0.05) is 4.31 Å². The number of hydrogen-bond donors (Lipinski definition) is 1. The molecule has 0 spiro atoms. The van der Waals surface area contributed by atoms with Crippen molar-refractivity contribution in [3.05, 3.63) is 18.2 Å². The summed E-state index contributed by atoms with van der Waals surface area (Å²) < 4.78 is 22.1. The van der Waals surface area contributed by atoms with Crippen LogP contribution in [0.25, 0.3) is 0 Å². The third kappa shape index (κ3) is 2.62. The number of carbonyl (C=O) groups is 1. The Labute approximate surface area is 143 Å². The molecular formula is C15H17N5O3S. The quantitative estimate of drug-likeness (QED) is 0.606. The first-order valence-electron chi connectivity index (χ1n) is 7.83. The van der Waals surface area contributed by atoms with Crippen LogP contribution in [0.1, 0.15) is 6.42 Å². The van der Waals surface area contributed by atoms with Gasteiger partial charge in [-0.05, 0) is 18.6 Å². The molecule has 9 heteroatoms. The van der Waals surface area contributed by atoms with Crippen molar-refractivity contribution in [3.63, 3.8) is 0 Å². The summed E-state index contributed by atoms with van der Waals surface area (Å²) in [6.45, 7) is 2.71. The van der Waals surface area contributed by atoms with E-state index in [1.165, 1.54) is 0 Å². The highest BCUT2D eigenvalue weighted by atomic mass is 32.2. The summed E-state index contributed by atoms with van der Waals surface area (Å²) in [6.07, 6.45) is 3.01. The predicted molar refractivity (Wildman–Crippen MR) is 88.4 cm³/mol. The van der Waals surface area contributed by atoms with E-state index in [1.54, 1.807) is 11.0 Å². The van der Waals surface area contributed by atoms with Crippen LogP contribution in [0.3, 0.4) is 0 Å². The smallest absolute Gasteiger partial charge is 0.262 e. The van der Waals surface area contributed by atoms with Crippen LogP contribution in [0.5, 0.6) is 5.75 Å². The van der Waals surface area contributed by atoms with Gasteiger partial charge in [0.05, 0.1) is 30.5 Å². The van der Waals surface area contributed by atoms with Crippen LogP contribution in [0, 0.1) is 11.5 Å². The molecule has 0 aliphatic carbocycles. The van der Waals surface area contributed by atoms with Crippen LogP contribution >= 0.6 is 0 Å². The number of nitriles is 1. The Morgan fingerprint density at radius 1 is 1.38 bits per heavy atom. The minimum absolute atomic E-state index is 0.00225. The second-order valence-electron chi connectivity index (χ2n) is 5.98. The second kappa shape index (κ2) is 6.05. The van der Waals surface area contributed by atoms with Gasteiger partial charge in [-0.2, -0.15) is 9.57 Å². The van der Waals surface area contributed by atoms with Crippen LogP contribution < -0.4 is 14.4 Å². The number of likely N-dealkylation sites (tertiary alicyclic amines) is 1. The molecule has 0 bridgehead atoms. The molecule has 2 fully saturated rings. The van der Waals surface area contributed by atoms with Crippen molar-refractivity contribution in [2.45, 2.75) is 12.5 Å². The number of nitrogens with one attached hydrogen (secondary N) is 1. The van der Waals surface area contributed by atoms with Gasteiger partial charge in [-0.15, -0.1) is 0 Å². The highest BCUT2D eigenvalue weighted by Crippen LogP contribution is 2.35. The van der Waals surface area contributed by atoms with E-state index in [-0.39, 0.29) is 18.6 Å². The van der Waals surface area contributed by atoms with Crippen LogP contribution in [-0.4, -0.2) is 58.5 Å². The average molecular weight is 347 g/mol.